The first kappa shape index (κ1) is 14.3. The zero-order valence-corrected chi connectivity index (χ0v) is 8.74. The maximum absolute atomic E-state index is 8.46. The van der Waals surface area contributed by atoms with E-state index in [-0.39, 0.29) is 5.17 Å². The van der Waals surface area contributed by atoms with Crippen LogP contribution in [0.25, 0.3) is 0 Å². The molecule has 6 heteroatoms. The van der Waals surface area contributed by atoms with Crippen molar-refractivity contribution in [3.63, 3.8) is 0 Å². The van der Waals surface area contributed by atoms with Crippen LogP contribution in [0.2, 0.25) is 0 Å². The summed E-state index contributed by atoms with van der Waals surface area (Å²) in [6.45, 7) is 2.81. The van der Waals surface area contributed by atoms with Gasteiger partial charge in [-0.2, -0.15) is 0 Å². The summed E-state index contributed by atoms with van der Waals surface area (Å²) < 4.78 is 13.3. The van der Waals surface area contributed by atoms with Crippen molar-refractivity contribution in [2.45, 2.75) is 26.2 Å². The Hall–Kier alpha value is -0.250. The molecule has 0 aromatic heterocycles. The Bertz CT molecular complexity index is 123. The number of thiocarbonyl (C=S) groups is 1. The summed E-state index contributed by atoms with van der Waals surface area (Å²) in [6.07, 6.45) is 3.43. The van der Waals surface area contributed by atoms with Gasteiger partial charge in [0.05, 0.1) is 6.61 Å². The lowest BCUT2D eigenvalue weighted by Crippen LogP contribution is -2.13. The topological polar surface area (TPSA) is 72.5 Å². The van der Waals surface area contributed by atoms with Crippen LogP contribution in [-0.2, 0) is 9.30 Å². The highest BCUT2D eigenvalue weighted by Gasteiger charge is 1.87. The Morgan fingerprint density at radius 1 is 1.67 bits per heavy atom. The second-order valence-corrected chi connectivity index (χ2v) is 2.52. The van der Waals surface area contributed by atoms with Gasteiger partial charge in [0, 0.05) is 0 Å². The van der Waals surface area contributed by atoms with Crippen molar-refractivity contribution in [2.75, 3.05) is 6.61 Å². The van der Waals surface area contributed by atoms with Gasteiger partial charge in [0.15, 0.2) is 0 Å². The van der Waals surface area contributed by atoms with E-state index >= 15 is 0 Å². The average molecular weight is 211 g/mol. The molecule has 0 amide bonds. The van der Waals surface area contributed by atoms with E-state index in [4.69, 9.17) is 19.9 Å². The van der Waals surface area contributed by atoms with Crippen LogP contribution in [0.3, 0.4) is 0 Å². The van der Waals surface area contributed by atoms with Crippen molar-refractivity contribution in [1.82, 2.24) is 0 Å². The van der Waals surface area contributed by atoms with Crippen LogP contribution >= 0.6 is 20.9 Å². The SMILES string of the molecule is CCCCCOC(N)=S.O=PO. The van der Waals surface area contributed by atoms with Gasteiger partial charge in [0.25, 0.3) is 5.17 Å². The molecule has 0 aromatic rings. The van der Waals surface area contributed by atoms with E-state index in [9.17, 15) is 0 Å². The molecule has 0 fully saturated rings. The fraction of sp³-hybridized carbons (Fsp3) is 0.833. The summed E-state index contributed by atoms with van der Waals surface area (Å²) in [5.74, 6) is 0. The van der Waals surface area contributed by atoms with Crippen molar-refractivity contribution in [2.24, 2.45) is 5.73 Å². The minimum atomic E-state index is -0.833. The minimum absolute atomic E-state index is 0.158. The molecule has 0 aliphatic rings. The molecule has 0 rings (SSSR count). The average Bonchev–Trinajstić information content (AvgIpc) is 1.99. The molecule has 0 heterocycles. The van der Waals surface area contributed by atoms with Gasteiger partial charge in [-0.25, -0.2) is 4.57 Å². The zero-order chi connectivity index (χ0) is 9.82. The maximum Gasteiger partial charge on any atom is 0.324 e. The van der Waals surface area contributed by atoms with Gasteiger partial charge >= 0.3 is 8.69 Å². The normalized spacial score (nSPS) is 8.50. The smallest absolute Gasteiger partial charge is 0.324 e. The highest BCUT2D eigenvalue weighted by atomic mass is 32.1. The Labute approximate surface area is 79.4 Å². The second kappa shape index (κ2) is 13.3. The van der Waals surface area contributed by atoms with Crippen molar-refractivity contribution >= 4 is 26.1 Å². The third kappa shape index (κ3) is 22.6. The van der Waals surface area contributed by atoms with E-state index in [1.54, 1.807) is 0 Å². The van der Waals surface area contributed by atoms with E-state index in [1.807, 2.05) is 0 Å². The lowest BCUT2D eigenvalue weighted by atomic mass is 10.3. The van der Waals surface area contributed by atoms with Crippen LogP contribution in [0.1, 0.15) is 26.2 Å². The fourth-order valence-corrected chi connectivity index (χ4v) is 0.608. The highest BCUT2D eigenvalue weighted by Crippen LogP contribution is 1.93. The third-order valence-corrected chi connectivity index (χ3v) is 1.11. The fourth-order valence-electron chi connectivity index (χ4n) is 0.525. The van der Waals surface area contributed by atoms with Crippen LogP contribution in [0, 0.1) is 0 Å². The van der Waals surface area contributed by atoms with E-state index in [1.165, 1.54) is 12.8 Å². The standard InChI is InChI=1S/C6H13NOS.HO2P/c1-2-3-4-5-8-6(7)9;1-3-2/h2-5H2,1H3,(H2,7,9);(H,1,2). The summed E-state index contributed by atoms with van der Waals surface area (Å²) in [7, 11) is -0.833. The Morgan fingerprint density at radius 2 is 2.17 bits per heavy atom. The van der Waals surface area contributed by atoms with Crippen LogP contribution in [0.15, 0.2) is 0 Å². The minimum Gasteiger partial charge on any atom is -0.471 e. The molecule has 3 N–H and O–H groups in total. The number of unbranched alkanes of at least 4 members (excludes halogenated alkanes) is 2. The molecule has 0 radical (unpaired) electrons. The summed E-state index contributed by atoms with van der Waals surface area (Å²) in [6, 6.07) is 0. The summed E-state index contributed by atoms with van der Waals surface area (Å²) in [5, 5.41) is 0.158. The molecule has 4 nitrogen and oxygen atoms in total. The van der Waals surface area contributed by atoms with E-state index in [0.717, 1.165) is 6.42 Å². The highest BCUT2D eigenvalue weighted by molar-refractivity contribution is 7.80. The van der Waals surface area contributed by atoms with Crippen LogP contribution in [0.4, 0.5) is 0 Å². The van der Waals surface area contributed by atoms with E-state index in [0.29, 0.717) is 6.61 Å². The molecule has 0 saturated heterocycles. The molecule has 0 atom stereocenters. The first-order chi connectivity index (χ1) is 5.68. The van der Waals surface area contributed by atoms with Crippen molar-refractivity contribution in [3.05, 3.63) is 0 Å². The lowest BCUT2D eigenvalue weighted by Gasteiger charge is -2.00. The van der Waals surface area contributed by atoms with Crippen LogP contribution in [-0.4, -0.2) is 16.7 Å². The Morgan fingerprint density at radius 3 is 2.50 bits per heavy atom. The Kier molecular flexibility index (Phi) is 15.9. The molecule has 0 aliphatic heterocycles. The van der Waals surface area contributed by atoms with E-state index in [2.05, 4.69) is 19.1 Å². The molecule has 0 bridgehead atoms. The van der Waals surface area contributed by atoms with Crippen molar-refractivity contribution in [3.8, 4) is 0 Å². The predicted octanol–water partition coefficient (Wildman–Crippen LogP) is 1.62. The quantitative estimate of drug-likeness (QED) is 0.420. The molecular formula is C6H14NO3PS. The lowest BCUT2D eigenvalue weighted by molar-refractivity contribution is 0.297. The molecule has 0 unspecified atom stereocenters. The third-order valence-electron chi connectivity index (χ3n) is 0.992. The summed E-state index contributed by atoms with van der Waals surface area (Å²) >= 11 is 4.50. The largest absolute Gasteiger partial charge is 0.471 e. The van der Waals surface area contributed by atoms with E-state index < -0.39 is 8.69 Å². The van der Waals surface area contributed by atoms with Crippen LogP contribution in [0.5, 0.6) is 0 Å². The summed E-state index contributed by atoms with van der Waals surface area (Å²) in [4.78, 5) is 6.99. The number of ether oxygens (including phenoxy) is 1. The van der Waals surface area contributed by atoms with Crippen LogP contribution < -0.4 is 5.73 Å². The number of rotatable bonds is 4. The molecule has 0 aliphatic carbocycles. The van der Waals surface area contributed by atoms with Gasteiger partial charge in [0.2, 0.25) is 0 Å². The molecule has 0 spiro atoms. The summed E-state index contributed by atoms with van der Waals surface area (Å²) in [5.41, 5.74) is 5.08. The zero-order valence-electron chi connectivity index (χ0n) is 7.02. The molecule has 0 saturated carbocycles. The van der Waals surface area contributed by atoms with Crippen molar-refractivity contribution in [1.29, 1.82) is 0 Å². The Balaban J connectivity index is 0. The molecular weight excluding hydrogens is 197 g/mol. The van der Waals surface area contributed by atoms with Gasteiger partial charge in [-0.1, -0.05) is 19.8 Å². The number of nitrogens with two attached hydrogens (primary N) is 1. The number of hydrogen-bond donors (Lipinski definition) is 2. The van der Waals surface area contributed by atoms with Gasteiger partial charge in [-0.3, -0.25) is 0 Å². The first-order valence-electron chi connectivity index (χ1n) is 3.58. The molecule has 72 valence electrons. The van der Waals surface area contributed by atoms with Gasteiger partial charge < -0.3 is 15.4 Å². The molecule has 0 aromatic carbocycles. The van der Waals surface area contributed by atoms with Crippen molar-refractivity contribution < 1.29 is 14.2 Å². The van der Waals surface area contributed by atoms with Gasteiger partial charge in [-0.15, -0.1) is 0 Å². The monoisotopic (exact) mass is 211 g/mol. The first-order valence-corrected chi connectivity index (χ1v) is 4.75. The van der Waals surface area contributed by atoms with Gasteiger partial charge in [0.1, 0.15) is 0 Å². The maximum atomic E-state index is 8.46. The van der Waals surface area contributed by atoms with Gasteiger partial charge in [-0.05, 0) is 18.6 Å². The second-order valence-electron chi connectivity index (χ2n) is 1.96. The number of hydrogen-bond acceptors (Lipinski definition) is 3. The molecule has 12 heavy (non-hydrogen) atoms. The predicted molar refractivity (Wildman–Crippen MR) is 52.1 cm³/mol.